The van der Waals surface area contributed by atoms with Gasteiger partial charge in [0.15, 0.2) is 0 Å². The zero-order chi connectivity index (χ0) is 28.9. The van der Waals surface area contributed by atoms with Gasteiger partial charge in [0.25, 0.3) is 18.2 Å². The summed E-state index contributed by atoms with van der Waals surface area (Å²) in [5.41, 5.74) is -2.32. The number of hydrogen-bond donors (Lipinski definition) is 2. The maximum atomic E-state index is 14.2. The van der Waals surface area contributed by atoms with Gasteiger partial charge in [0.05, 0.1) is 17.8 Å². The number of fused-ring (bicyclic) bond motifs is 1. The van der Waals surface area contributed by atoms with Crippen molar-refractivity contribution in [2.24, 2.45) is 7.05 Å². The number of aromatic nitrogens is 2. The Bertz CT molecular complexity index is 1660. The molecule has 5 rings (SSSR count). The van der Waals surface area contributed by atoms with Crippen molar-refractivity contribution in [3.63, 3.8) is 0 Å². The number of amides is 2. The van der Waals surface area contributed by atoms with E-state index in [-0.39, 0.29) is 28.4 Å². The van der Waals surface area contributed by atoms with Gasteiger partial charge in [-0.05, 0) is 53.6 Å². The fourth-order valence-corrected chi connectivity index (χ4v) is 4.58. The Morgan fingerprint density at radius 1 is 1.02 bits per heavy atom. The Kier molecular flexibility index (Phi) is 6.60. The van der Waals surface area contributed by atoms with Crippen LogP contribution in [0.2, 0.25) is 0 Å². The third-order valence-corrected chi connectivity index (χ3v) is 6.36. The van der Waals surface area contributed by atoms with Gasteiger partial charge < -0.3 is 10.6 Å². The molecule has 0 aliphatic carbocycles. The van der Waals surface area contributed by atoms with Crippen LogP contribution in [0.5, 0.6) is 0 Å². The molecular formula is C27H17F7N4O2. The molecule has 3 aromatic carbocycles. The van der Waals surface area contributed by atoms with Crippen molar-refractivity contribution >= 4 is 17.5 Å². The maximum Gasteiger partial charge on any atom is 0.416 e. The van der Waals surface area contributed by atoms with Gasteiger partial charge in [0, 0.05) is 46.7 Å². The van der Waals surface area contributed by atoms with Crippen molar-refractivity contribution < 1.29 is 40.3 Å². The first-order valence-corrected chi connectivity index (χ1v) is 11.6. The summed E-state index contributed by atoms with van der Waals surface area (Å²) in [4.78, 5) is 26.1. The number of carbonyl (C=O) groups excluding carboxylic acids is 2. The molecule has 1 atom stereocenters. The smallest absolute Gasteiger partial charge is 0.341 e. The molecule has 1 unspecified atom stereocenters. The van der Waals surface area contributed by atoms with Crippen molar-refractivity contribution in [1.82, 2.24) is 15.1 Å². The number of nitrogens with zero attached hydrogens (tertiary/aromatic N) is 2. The predicted molar refractivity (Wildman–Crippen MR) is 129 cm³/mol. The Hall–Kier alpha value is -4.68. The van der Waals surface area contributed by atoms with Crippen molar-refractivity contribution in [2.45, 2.75) is 18.6 Å². The van der Waals surface area contributed by atoms with Gasteiger partial charge >= 0.3 is 6.18 Å². The molecule has 0 saturated carbocycles. The minimum absolute atomic E-state index is 0.0223. The van der Waals surface area contributed by atoms with E-state index < -0.39 is 58.8 Å². The Balaban J connectivity index is 1.67. The molecule has 1 aliphatic rings. The monoisotopic (exact) mass is 562 g/mol. The zero-order valence-corrected chi connectivity index (χ0v) is 20.3. The summed E-state index contributed by atoms with van der Waals surface area (Å²) in [6.07, 6.45) is -4.96. The summed E-state index contributed by atoms with van der Waals surface area (Å²) in [6, 6.07) is 5.24. The molecule has 13 heteroatoms. The van der Waals surface area contributed by atoms with Crippen molar-refractivity contribution in [1.29, 1.82) is 0 Å². The molecular weight excluding hydrogens is 545 g/mol. The van der Waals surface area contributed by atoms with E-state index in [4.69, 9.17) is 0 Å². The maximum absolute atomic E-state index is 14.2. The third kappa shape index (κ3) is 5.01. The first-order chi connectivity index (χ1) is 18.8. The molecule has 2 heterocycles. The number of nitrogens with one attached hydrogen (secondary N) is 2. The Labute approximate surface area is 221 Å². The molecule has 2 amide bonds. The molecule has 0 bridgehead atoms. The molecule has 206 valence electrons. The fourth-order valence-electron chi connectivity index (χ4n) is 4.58. The van der Waals surface area contributed by atoms with Crippen LogP contribution in [0.4, 0.5) is 36.4 Å². The first-order valence-electron chi connectivity index (χ1n) is 11.6. The van der Waals surface area contributed by atoms with Gasteiger partial charge in [-0.25, -0.2) is 17.6 Å². The Morgan fingerprint density at radius 3 is 2.42 bits per heavy atom. The van der Waals surface area contributed by atoms with Crippen LogP contribution < -0.4 is 10.6 Å². The second-order valence-corrected chi connectivity index (χ2v) is 9.05. The van der Waals surface area contributed by atoms with E-state index in [0.29, 0.717) is 23.3 Å². The normalized spacial score (nSPS) is 14.8. The van der Waals surface area contributed by atoms with E-state index in [0.717, 1.165) is 18.2 Å². The Morgan fingerprint density at radius 2 is 1.77 bits per heavy atom. The van der Waals surface area contributed by atoms with Gasteiger partial charge in [0.1, 0.15) is 11.6 Å². The number of benzene rings is 3. The molecule has 1 aliphatic heterocycles. The van der Waals surface area contributed by atoms with Crippen LogP contribution in [0.25, 0.3) is 11.1 Å². The molecule has 0 spiro atoms. The number of rotatable bonds is 5. The summed E-state index contributed by atoms with van der Waals surface area (Å²) in [7, 11) is 1.63. The van der Waals surface area contributed by atoms with E-state index in [1.54, 1.807) is 13.2 Å². The summed E-state index contributed by atoms with van der Waals surface area (Å²) < 4.78 is 97.0. The van der Waals surface area contributed by atoms with Crippen LogP contribution in [-0.2, 0) is 13.2 Å². The minimum Gasteiger partial charge on any atom is -0.341 e. The summed E-state index contributed by atoms with van der Waals surface area (Å²) in [6.45, 7) is 0. The minimum atomic E-state index is -4.94. The van der Waals surface area contributed by atoms with Crippen LogP contribution >= 0.6 is 0 Å². The van der Waals surface area contributed by atoms with E-state index in [2.05, 4.69) is 15.7 Å². The molecule has 0 saturated heterocycles. The van der Waals surface area contributed by atoms with Gasteiger partial charge in [-0.2, -0.15) is 18.3 Å². The molecule has 1 aromatic heterocycles. The SMILES string of the molecule is Cn1cc(-c2cc(NC(=O)c3cc(F)cc(C(F)(F)F)c3)c3c(c2)C(=O)NC3c2cc(F)ccc2C(F)F)cn1. The molecule has 0 fully saturated rings. The number of hydrogen-bond acceptors (Lipinski definition) is 3. The summed E-state index contributed by atoms with van der Waals surface area (Å²) in [5, 5.41) is 8.95. The molecule has 40 heavy (non-hydrogen) atoms. The highest BCUT2D eigenvalue weighted by Gasteiger charge is 2.37. The lowest BCUT2D eigenvalue weighted by molar-refractivity contribution is -0.137. The second kappa shape index (κ2) is 9.81. The van der Waals surface area contributed by atoms with Gasteiger partial charge in [-0.3, -0.25) is 14.3 Å². The average molecular weight is 562 g/mol. The van der Waals surface area contributed by atoms with Crippen molar-refractivity contribution in [3.05, 3.63) is 106 Å². The number of halogens is 7. The quantitative estimate of drug-likeness (QED) is 0.276. The fraction of sp³-hybridized carbons (Fsp3) is 0.148. The molecule has 6 nitrogen and oxygen atoms in total. The predicted octanol–water partition coefficient (Wildman–Crippen LogP) is 6.41. The van der Waals surface area contributed by atoms with E-state index >= 15 is 0 Å². The number of carbonyl (C=O) groups is 2. The van der Waals surface area contributed by atoms with Gasteiger partial charge in [-0.15, -0.1) is 0 Å². The average Bonchev–Trinajstić information content (AvgIpc) is 3.46. The number of aryl methyl sites for hydroxylation is 1. The highest BCUT2D eigenvalue weighted by atomic mass is 19.4. The molecule has 0 radical (unpaired) electrons. The first kappa shape index (κ1) is 26.9. The van der Waals surface area contributed by atoms with Crippen molar-refractivity contribution in [3.8, 4) is 11.1 Å². The van der Waals surface area contributed by atoms with Crippen LogP contribution in [0.15, 0.2) is 60.9 Å². The van der Waals surface area contributed by atoms with Crippen LogP contribution in [0.3, 0.4) is 0 Å². The number of alkyl halides is 5. The molecule has 4 aromatic rings. The summed E-state index contributed by atoms with van der Waals surface area (Å²) in [5.74, 6) is -4.07. The van der Waals surface area contributed by atoms with Crippen LogP contribution in [-0.4, -0.2) is 21.6 Å². The van der Waals surface area contributed by atoms with E-state index in [9.17, 15) is 40.3 Å². The highest BCUT2D eigenvalue weighted by Crippen LogP contribution is 2.42. The third-order valence-electron chi connectivity index (χ3n) is 6.36. The lowest BCUT2D eigenvalue weighted by Gasteiger charge is -2.20. The molecule has 2 N–H and O–H groups in total. The largest absolute Gasteiger partial charge is 0.416 e. The van der Waals surface area contributed by atoms with E-state index in [1.807, 2.05) is 0 Å². The van der Waals surface area contributed by atoms with Crippen LogP contribution in [0.1, 0.15) is 55.4 Å². The lowest BCUT2D eigenvalue weighted by Crippen LogP contribution is -2.22. The summed E-state index contributed by atoms with van der Waals surface area (Å²) >= 11 is 0. The standard InChI is InChI=1S/C27H17F7N4O2/c1-38-11-14(10-35-38)12-6-20-22(23(37-26(20)40)19-9-16(28)2-3-18(19)24(30)31)21(7-12)36-25(39)13-4-15(27(32,33)34)8-17(29)5-13/h2-11,23-24H,1H3,(H,36,39)(H,37,40). The highest BCUT2D eigenvalue weighted by molar-refractivity contribution is 6.08. The van der Waals surface area contributed by atoms with Gasteiger partial charge in [0.2, 0.25) is 0 Å². The topological polar surface area (TPSA) is 76.0 Å². The zero-order valence-electron chi connectivity index (χ0n) is 20.3. The van der Waals surface area contributed by atoms with Crippen LogP contribution in [0, 0.1) is 11.6 Å². The second-order valence-electron chi connectivity index (χ2n) is 9.05. The van der Waals surface area contributed by atoms with E-state index in [1.165, 1.54) is 23.0 Å². The van der Waals surface area contributed by atoms with Gasteiger partial charge in [-0.1, -0.05) is 6.07 Å². The number of anilines is 1. The van der Waals surface area contributed by atoms with Crippen molar-refractivity contribution in [2.75, 3.05) is 5.32 Å². The lowest BCUT2D eigenvalue weighted by atomic mass is 9.91.